The third-order valence-corrected chi connectivity index (χ3v) is 3.92. The van der Waals surface area contributed by atoms with E-state index in [0.717, 1.165) is 17.1 Å². The van der Waals surface area contributed by atoms with E-state index in [4.69, 9.17) is 11.6 Å². The molecule has 122 valence electrons. The summed E-state index contributed by atoms with van der Waals surface area (Å²) < 4.78 is 1.87. The molecule has 1 aromatic heterocycles. The molecule has 1 amide bonds. The summed E-state index contributed by atoms with van der Waals surface area (Å²) in [5, 5.41) is 13.5. The maximum Gasteiger partial charge on any atom is 0.270 e. The first kappa shape index (κ1) is 15.9. The fraction of sp³-hybridized carbons (Fsp3) is 0.125. The molecular formula is C16H13ClN4O3. The lowest BCUT2D eigenvalue weighted by Gasteiger charge is -2.08. The van der Waals surface area contributed by atoms with E-state index in [-0.39, 0.29) is 16.3 Å². The highest BCUT2D eigenvalue weighted by Gasteiger charge is 2.17. The molecule has 1 N–H and O–H groups in total. The molecule has 0 saturated heterocycles. The molecule has 0 bridgehead atoms. The fourth-order valence-electron chi connectivity index (χ4n) is 2.46. The van der Waals surface area contributed by atoms with Crippen molar-refractivity contribution >= 4 is 40.2 Å². The molecular weight excluding hydrogens is 332 g/mol. The van der Waals surface area contributed by atoms with Gasteiger partial charge in [0.05, 0.1) is 26.5 Å². The predicted molar refractivity (Wildman–Crippen MR) is 91.5 cm³/mol. The average molecular weight is 345 g/mol. The Morgan fingerprint density at radius 2 is 2.08 bits per heavy atom. The van der Waals surface area contributed by atoms with Crippen molar-refractivity contribution in [2.24, 2.45) is 0 Å². The number of nitro benzene ring substituents is 1. The van der Waals surface area contributed by atoms with Crippen molar-refractivity contribution in [3.63, 3.8) is 0 Å². The molecule has 0 aliphatic heterocycles. The van der Waals surface area contributed by atoms with Gasteiger partial charge in [0, 0.05) is 18.7 Å². The number of aryl methyl sites for hydroxylation is 1. The lowest BCUT2D eigenvalue weighted by molar-refractivity contribution is -0.384. The summed E-state index contributed by atoms with van der Waals surface area (Å²) >= 11 is 5.99. The van der Waals surface area contributed by atoms with E-state index in [0.29, 0.717) is 12.5 Å². The topological polar surface area (TPSA) is 90.1 Å². The Labute approximate surface area is 142 Å². The standard InChI is InChI=1S/C16H13ClN4O3/c1-2-20-14-6-4-3-5-13(14)18-16(20)19-15(22)11-8-7-10(21(23)24)9-12(11)17/h3-9H,2H2,1H3,(H,18,19,22). The Balaban J connectivity index is 1.94. The SMILES string of the molecule is CCn1c(NC(=O)c2ccc([N+](=O)[O-])cc2Cl)nc2ccccc21. The molecule has 1 heterocycles. The van der Waals surface area contributed by atoms with Crippen molar-refractivity contribution in [3.05, 3.63) is 63.2 Å². The van der Waals surface area contributed by atoms with Crippen LogP contribution in [0.1, 0.15) is 17.3 Å². The van der Waals surface area contributed by atoms with E-state index >= 15 is 0 Å². The van der Waals surface area contributed by atoms with Gasteiger partial charge in [-0.3, -0.25) is 20.2 Å². The molecule has 3 rings (SSSR count). The number of aromatic nitrogens is 2. The molecule has 24 heavy (non-hydrogen) atoms. The molecule has 0 unspecified atom stereocenters. The number of hydrogen-bond acceptors (Lipinski definition) is 4. The zero-order chi connectivity index (χ0) is 17.3. The number of rotatable bonds is 4. The van der Waals surface area contributed by atoms with E-state index in [2.05, 4.69) is 10.3 Å². The van der Waals surface area contributed by atoms with E-state index in [1.54, 1.807) is 0 Å². The summed E-state index contributed by atoms with van der Waals surface area (Å²) in [6, 6.07) is 11.3. The third-order valence-electron chi connectivity index (χ3n) is 3.60. The number of carbonyl (C=O) groups is 1. The van der Waals surface area contributed by atoms with E-state index in [1.807, 2.05) is 35.8 Å². The number of hydrogen-bond donors (Lipinski definition) is 1. The van der Waals surface area contributed by atoms with Crippen molar-refractivity contribution in [2.75, 3.05) is 5.32 Å². The number of imidazole rings is 1. The number of nitrogens with one attached hydrogen (secondary N) is 1. The van der Waals surface area contributed by atoms with Gasteiger partial charge in [-0.25, -0.2) is 4.98 Å². The van der Waals surface area contributed by atoms with Gasteiger partial charge in [0.2, 0.25) is 5.95 Å². The number of para-hydroxylation sites is 2. The van der Waals surface area contributed by atoms with Crippen LogP contribution in [-0.4, -0.2) is 20.4 Å². The number of halogens is 1. The van der Waals surface area contributed by atoms with Crippen molar-refractivity contribution in [1.29, 1.82) is 0 Å². The second-order valence-electron chi connectivity index (χ2n) is 5.04. The highest BCUT2D eigenvalue weighted by Crippen LogP contribution is 2.24. The smallest absolute Gasteiger partial charge is 0.270 e. The second-order valence-corrected chi connectivity index (χ2v) is 5.45. The van der Waals surface area contributed by atoms with Crippen molar-refractivity contribution in [2.45, 2.75) is 13.5 Å². The highest BCUT2D eigenvalue weighted by molar-refractivity contribution is 6.34. The Hall–Kier alpha value is -2.93. The Kier molecular flexibility index (Phi) is 4.18. The molecule has 0 saturated carbocycles. The monoisotopic (exact) mass is 344 g/mol. The average Bonchev–Trinajstić information content (AvgIpc) is 2.91. The molecule has 8 heteroatoms. The van der Waals surface area contributed by atoms with Crippen molar-refractivity contribution < 1.29 is 9.72 Å². The van der Waals surface area contributed by atoms with Crippen LogP contribution in [0.2, 0.25) is 5.02 Å². The predicted octanol–water partition coefficient (Wildman–Crippen LogP) is 3.87. The van der Waals surface area contributed by atoms with Gasteiger partial charge >= 0.3 is 0 Å². The highest BCUT2D eigenvalue weighted by atomic mass is 35.5. The molecule has 0 aliphatic carbocycles. The minimum absolute atomic E-state index is 0.0147. The molecule has 7 nitrogen and oxygen atoms in total. The number of anilines is 1. The van der Waals surface area contributed by atoms with Crippen LogP contribution in [0.5, 0.6) is 0 Å². The molecule has 0 radical (unpaired) electrons. The quantitative estimate of drug-likeness (QED) is 0.574. The number of non-ortho nitro benzene ring substituents is 1. The lowest BCUT2D eigenvalue weighted by Crippen LogP contribution is -2.16. The number of nitrogens with zero attached hydrogens (tertiary/aromatic N) is 3. The largest absolute Gasteiger partial charge is 0.310 e. The van der Waals surface area contributed by atoms with Gasteiger partial charge in [0.25, 0.3) is 11.6 Å². The van der Waals surface area contributed by atoms with Crippen LogP contribution in [0.25, 0.3) is 11.0 Å². The first-order chi connectivity index (χ1) is 11.5. The lowest BCUT2D eigenvalue weighted by atomic mass is 10.2. The zero-order valence-corrected chi connectivity index (χ0v) is 13.4. The van der Waals surface area contributed by atoms with Crippen LogP contribution in [-0.2, 0) is 6.54 Å². The minimum Gasteiger partial charge on any atom is -0.310 e. The molecule has 0 aliphatic rings. The van der Waals surface area contributed by atoms with Gasteiger partial charge in [-0.05, 0) is 25.1 Å². The first-order valence-electron chi connectivity index (χ1n) is 7.22. The van der Waals surface area contributed by atoms with Crippen LogP contribution in [0, 0.1) is 10.1 Å². The van der Waals surface area contributed by atoms with Gasteiger partial charge in [-0.1, -0.05) is 23.7 Å². The number of benzene rings is 2. The van der Waals surface area contributed by atoms with Crippen molar-refractivity contribution in [3.8, 4) is 0 Å². The van der Waals surface area contributed by atoms with Gasteiger partial charge in [-0.2, -0.15) is 0 Å². The van der Waals surface area contributed by atoms with Crippen LogP contribution in [0.4, 0.5) is 11.6 Å². The summed E-state index contributed by atoms with van der Waals surface area (Å²) in [5.41, 5.74) is 1.66. The fourth-order valence-corrected chi connectivity index (χ4v) is 2.72. The Bertz CT molecular complexity index is 952. The number of amides is 1. The normalized spacial score (nSPS) is 10.8. The van der Waals surface area contributed by atoms with E-state index in [1.165, 1.54) is 12.1 Å². The first-order valence-corrected chi connectivity index (χ1v) is 7.59. The maximum absolute atomic E-state index is 12.4. The summed E-state index contributed by atoms with van der Waals surface area (Å²) in [6.45, 7) is 2.58. The van der Waals surface area contributed by atoms with Gasteiger partial charge in [-0.15, -0.1) is 0 Å². The molecule has 0 fully saturated rings. The second kappa shape index (κ2) is 6.29. The van der Waals surface area contributed by atoms with Crippen LogP contribution < -0.4 is 5.32 Å². The summed E-state index contributed by atoms with van der Waals surface area (Å²) in [4.78, 5) is 27.0. The summed E-state index contributed by atoms with van der Waals surface area (Å²) in [7, 11) is 0. The number of nitro groups is 1. The molecule has 0 atom stereocenters. The zero-order valence-electron chi connectivity index (χ0n) is 12.7. The minimum atomic E-state index is -0.565. The molecule has 0 spiro atoms. The summed E-state index contributed by atoms with van der Waals surface area (Å²) in [5.74, 6) is -0.0713. The van der Waals surface area contributed by atoms with Crippen LogP contribution in [0.3, 0.4) is 0 Å². The van der Waals surface area contributed by atoms with Crippen LogP contribution in [0.15, 0.2) is 42.5 Å². The van der Waals surface area contributed by atoms with E-state index < -0.39 is 10.8 Å². The van der Waals surface area contributed by atoms with Gasteiger partial charge in [0.15, 0.2) is 0 Å². The van der Waals surface area contributed by atoms with Gasteiger partial charge in [0.1, 0.15) is 0 Å². The number of carbonyl (C=O) groups excluding carboxylic acids is 1. The maximum atomic E-state index is 12.4. The van der Waals surface area contributed by atoms with Crippen molar-refractivity contribution in [1.82, 2.24) is 9.55 Å². The Morgan fingerprint density at radius 3 is 2.75 bits per heavy atom. The van der Waals surface area contributed by atoms with Crippen LogP contribution >= 0.6 is 11.6 Å². The molecule has 3 aromatic rings. The number of fused-ring (bicyclic) bond motifs is 1. The summed E-state index contributed by atoms with van der Waals surface area (Å²) in [6.07, 6.45) is 0. The third kappa shape index (κ3) is 2.81. The van der Waals surface area contributed by atoms with Gasteiger partial charge < -0.3 is 4.57 Å². The molecule has 2 aromatic carbocycles. The Morgan fingerprint density at radius 1 is 1.33 bits per heavy atom. The van der Waals surface area contributed by atoms with E-state index in [9.17, 15) is 14.9 Å².